The van der Waals surface area contributed by atoms with E-state index in [1.807, 2.05) is 24.4 Å². The van der Waals surface area contributed by atoms with Gasteiger partial charge in [0, 0.05) is 31.2 Å². The van der Waals surface area contributed by atoms with Gasteiger partial charge in [-0.1, -0.05) is 54.7 Å². The molecule has 1 aromatic heterocycles. The number of allylic oxidation sites excluding steroid dienone is 9. The van der Waals surface area contributed by atoms with Crippen molar-refractivity contribution < 1.29 is 19.5 Å². The smallest absolute Gasteiger partial charge is 0.155 e. The lowest BCUT2D eigenvalue weighted by molar-refractivity contribution is -0.117. The fourth-order valence-electron chi connectivity index (χ4n) is 5.84. The minimum Gasteiger partial charge on any atom is -0.389 e. The molecule has 6 heteroatoms. The van der Waals surface area contributed by atoms with Crippen LogP contribution in [-0.2, 0) is 20.8 Å². The molecule has 0 saturated carbocycles. The number of Topliss-reactive ketones (excluding diaryl/α,β-unsaturated/α-hetero) is 1. The van der Waals surface area contributed by atoms with Crippen molar-refractivity contribution in [1.29, 1.82) is 0 Å². The Kier molecular flexibility index (Phi) is 21.2. The van der Waals surface area contributed by atoms with Gasteiger partial charge in [-0.2, -0.15) is 0 Å². The predicted molar refractivity (Wildman–Crippen MR) is 185 cm³/mol. The van der Waals surface area contributed by atoms with Gasteiger partial charge in [0.25, 0.3) is 0 Å². The number of aliphatic hydroxyl groups is 1. The molecule has 5 aliphatic carbocycles. The van der Waals surface area contributed by atoms with Crippen molar-refractivity contribution in [2.24, 2.45) is 17.8 Å². The summed E-state index contributed by atoms with van der Waals surface area (Å²) in [6.45, 7) is 1.67. The van der Waals surface area contributed by atoms with Crippen molar-refractivity contribution in [2.75, 3.05) is 0 Å². The van der Waals surface area contributed by atoms with Crippen LogP contribution >= 0.6 is 0 Å². The third-order valence-electron chi connectivity index (χ3n) is 8.37. The van der Waals surface area contributed by atoms with Crippen molar-refractivity contribution in [2.45, 2.75) is 129 Å². The molecule has 0 aromatic carbocycles. The van der Waals surface area contributed by atoms with E-state index in [2.05, 4.69) is 46.4 Å². The first-order valence-electron chi connectivity index (χ1n) is 17.4. The Hall–Kier alpha value is -3.12. The summed E-state index contributed by atoms with van der Waals surface area (Å²) in [7, 11) is 0. The van der Waals surface area contributed by atoms with Crippen molar-refractivity contribution in [1.82, 2.24) is 9.97 Å². The fraction of sp³-hybridized carbons (Fsp3) is 0.590. The number of carbonyl (C=O) groups excluding carboxylic acids is 3. The van der Waals surface area contributed by atoms with Crippen LogP contribution in [0.1, 0.15) is 122 Å². The molecule has 0 saturated heterocycles. The summed E-state index contributed by atoms with van der Waals surface area (Å²) < 4.78 is 0. The van der Waals surface area contributed by atoms with Crippen LogP contribution < -0.4 is 0 Å². The average molecular weight is 619 g/mol. The lowest BCUT2D eigenvalue weighted by Crippen LogP contribution is -2.05. The highest BCUT2D eigenvalue weighted by Gasteiger charge is 2.10. The number of nitrogens with zero attached hydrogens (tertiary/aromatic N) is 1. The van der Waals surface area contributed by atoms with Gasteiger partial charge in [-0.3, -0.25) is 4.79 Å². The van der Waals surface area contributed by atoms with Crippen LogP contribution in [-0.4, -0.2) is 39.0 Å². The second-order valence-electron chi connectivity index (χ2n) is 12.6. The molecule has 4 atom stereocenters. The monoisotopic (exact) mass is 618 g/mol. The second-order valence-corrected chi connectivity index (χ2v) is 12.6. The number of hydrogen-bond acceptors (Lipinski definition) is 5. The topological polar surface area (TPSA) is 100 Å². The molecule has 0 fully saturated rings. The average Bonchev–Trinajstić information content (AvgIpc) is 3.58. The predicted octanol–water partition coefficient (Wildman–Crippen LogP) is 8.95. The van der Waals surface area contributed by atoms with Crippen molar-refractivity contribution >= 4 is 17.9 Å². The lowest BCUT2D eigenvalue weighted by Gasteiger charge is -2.14. The van der Waals surface area contributed by atoms with Gasteiger partial charge in [0.15, 0.2) is 5.78 Å². The highest BCUT2D eigenvalue weighted by Crippen LogP contribution is 2.21. The summed E-state index contributed by atoms with van der Waals surface area (Å²) in [4.78, 5) is 38.2. The minimum absolute atomic E-state index is 0.145. The highest BCUT2D eigenvalue weighted by molar-refractivity contribution is 5.90. The molecule has 0 spiro atoms. The van der Waals surface area contributed by atoms with Crippen LogP contribution in [0, 0.1) is 17.8 Å². The standard InChI is InChI=1S/C10H14N2.C9H14O.C8H12O.C6H10O.C6H8O/c1-2-4-9(5-3-1)6-10-7-11-8-12-10;1-8(10)7-9-5-3-2-4-6-9;9-7-6-8-4-2-1-3-5-8;2*7-6-4-2-1-3-5-6/h2,4,7-9H,1,3,5-6H2,(H,11,12);3,5,9H,2,4,6-7H2,1H3;2,4,7-8H,1,3,5-6H2;2,4,6-7H,1,3,5H2;2,4H,1,3,5H2. The largest absolute Gasteiger partial charge is 0.389 e. The molecule has 0 amide bonds. The Morgan fingerprint density at radius 3 is 1.78 bits per heavy atom. The quantitative estimate of drug-likeness (QED) is 0.245. The summed E-state index contributed by atoms with van der Waals surface area (Å²) in [5.41, 5.74) is 1.26. The Labute approximate surface area is 272 Å². The minimum atomic E-state index is -0.145. The number of aromatic amines is 1. The summed E-state index contributed by atoms with van der Waals surface area (Å²) in [5, 5.41) is 8.82. The van der Waals surface area contributed by atoms with Crippen molar-refractivity contribution in [3.63, 3.8) is 0 Å². The molecule has 0 bridgehead atoms. The molecule has 45 heavy (non-hydrogen) atoms. The van der Waals surface area contributed by atoms with Crippen LogP contribution in [0.4, 0.5) is 0 Å². The Balaban J connectivity index is 0.000000199. The lowest BCUT2D eigenvalue weighted by atomic mass is 9.92. The molecule has 4 unspecified atom stereocenters. The Morgan fingerprint density at radius 1 is 0.822 bits per heavy atom. The van der Waals surface area contributed by atoms with Crippen LogP contribution in [0.5, 0.6) is 0 Å². The second kappa shape index (κ2) is 25.1. The van der Waals surface area contributed by atoms with E-state index in [9.17, 15) is 14.4 Å². The molecule has 248 valence electrons. The first-order valence-corrected chi connectivity index (χ1v) is 17.4. The van der Waals surface area contributed by atoms with Gasteiger partial charge in [0.2, 0.25) is 0 Å². The number of nitrogens with one attached hydrogen (secondary N) is 1. The molecular formula is C39H58N2O4. The third-order valence-corrected chi connectivity index (χ3v) is 8.37. The molecule has 6 rings (SSSR count). The van der Waals surface area contributed by atoms with E-state index in [1.54, 1.807) is 19.3 Å². The molecule has 5 aliphatic rings. The molecule has 0 aliphatic heterocycles. The van der Waals surface area contributed by atoms with Gasteiger partial charge in [-0.25, -0.2) is 4.98 Å². The maximum absolute atomic E-state index is 10.7. The molecule has 0 radical (unpaired) electrons. The number of aldehydes is 1. The molecule has 6 nitrogen and oxygen atoms in total. The fourth-order valence-corrected chi connectivity index (χ4v) is 5.84. The van der Waals surface area contributed by atoms with Gasteiger partial charge >= 0.3 is 0 Å². The maximum atomic E-state index is 10.7. The Bertz CT molecular complexity index is 1080. The molecule has 1 heterocycles. The number of imidazole rings is 1. The maximum Gasteiger partial charge on any atom is 0.155 e. The summed E-state index contributed by atoms with van der Waals surface area (Å²) in [6.07, 6.45) is 45.4. The zero-order valence-corrected chi connectivity index (χ0v) is 27.7. The summed E-state index contributed by atoms with van der Waals surface area (Å²) in [6, 6.07) is 0. The SMILES string of the molecule is C1=CC(Cc2cnc[nH]2)CCC1.CC(=O)CC1C=CCCC1.O=C1C=CCCC1.O=CCC1C=CCCC1.OC1C=CCCC1. The highest BCUT2D eigenvalue weighted by atomic mass is 16.3. The van der Waals surface area contributed by atoms with Crippen molar-refractivity contribution in [3.05, 3.63) is 79.0 Å². The number of aromatic nitrogens is 2. The number of H-pyrrole nitrogens is 1. The molecule has 2 N–H and O–H groups in total. The van der Waals surface area contributed by atoms with Crippen LogP contribution in [0.2, 0.25) is 0 Å². The van der Waals surface area contributed by atoms with E-state index in [-0.39, 0.29) is 11.9 Å². The number of aliphatic hydroxyl groups excluding tert-OH is 1. The normalized spacial score (nSPS) is 24.7. The van der Waals surface area contributed by atoms with Crippen LogP contribution in [0.25, 0.3) is 0 Å². The van der Waals surface area contributed by atoms with Gasteiger partial charge in [0.05, 0.1) is 12.4 Å². The van der Waals surface area contributed by atoms with Gasteiger partial charge in [-0.15, -0.1) is 0 Å². The molecule has 1 aromatic rings. The number of rotatable bonds is 6. The zero-order valence-electron chi connectivity index (χ0n) is 27.7. The van der Waals surface area contributed by atoms with E-state index in [1.165, 1.54) is 63.5 Å². The van der Waals surface area contributed by atoms with E-state index in [0.717, 1.165) is 70.0 Å². The van der Waals surface area contributed by atoms with E-state index < -0.39 is 0 Å². The number of carbonyl (C=O) groups is 3. The van der Waals surface area contributed by atoms with Gasteiger partial charge in [0.1, 0.15) is 12.1 Å². The summed E-state index contributed by atoms with van der Waals surface area (Å²) in [5.74, 6) is 2.43. The zero-order chi connectivity index (χ0) is 32.4. The summed E-state index contributed by atoms with van der Waals surface area (Å²) >= 11 is 0. The van der Waals surface area contributed by atoms with Crippen LogP contribution in [0.15, 0.2) is 73.3 Å². The van der Waals surface area contributed by atoms with E-state index >= 15 is 0 Å². The third kappa shape index (κ3) is 20.5. The molecular weight excluding hydrogens is 560 g/mol. The van der Waals surface area contributed by atoms with E-state index in [0.29, 0.717) is 17.6 Å². The van der Waals surface area contributed by atoms with E-state index in [4.69, 9.17) is 5.11 Å². The first kappa shape index (κ1) is 38.1. The van der Waals surface area contributed by atoms with Gasteiger partial charge in [-0.05, 0) is 127 Å². The van der Waals surface area contributed by atoms with Crippen LogP contribution in [0.3, 0.4) is 0 Å². The number of hydrogen-bond donors (Lipinski definition) is 2. The first-order chi connectivity index (χ1) is 22.0. The Morgan fingerprint density at radius 2 is 1.40 bits per heavy atom. The number of ketones is 2. The van der Waals surface area contributed by atoms with Crippen molar-refractivity contribution in [3.8, 4) is 0 Å². The van der Waals surface area contributed by atoms with Gasteiger partial charge < -0.3 is 19.7 Å².